The third kappa shape index (κ3) is 3.64. The summed E-state index contributed by atoms with van der Waals surface area (Å²) in [5.74, 6) is 0. The second-order valence-electron chi connectivity index (χ2n) is 12.4. The maximum atomic E-state index is 2.46. The van der Waals surface area contributed by atoms with Crippen LogP contribution in [-0.4, -0.2) is 9.13 Å². The van der Waals surface area contributed by atoms with Gasteiger partial charge in [-0.2, -0.15) is 0 Å². The first kappa shape index (κ1) is 25.5. The van der Waals surface area contributed by atoms with Crippen molar-refractivity contribution in [2.24, 2.45) is 0 Å². The van der Waals surface area contributed by atoms with Gasteiger partial charge in [-0.25, -0.2) is 0 Å². The number of allylic oxidation sites excluding steroid dienone is 1. The Morgan fingerprint density at radius 2 is 1.02 bits per heavy atom. The van der Waals surface area contributed by atoms with Gasteiger partial charge in [0.05, 0.1) is 16.6 Å². The van der Waals surface area contributed by atoms with Crippen molar-refractivity contribution in [2.75, 3.05) is 0 Å². The highest BCUT2D eigenvalue weighted by Gasteiger charge is 2.20. The second-order valence-corrected chi connectivity index (χ2v) is 12.4. The molecule has 216 valence electrons. The van der Waals surface area contributed by atoms with E-state index < -0.39 is 0 Å². The van der Waals surface area contributed by atoms with Crippen LogP contribution in [0.5, 0.6) is 0 Å². The number of benzene rings is 7. The molecule has 1 aliphatic carbocycles. The van der Waals surface area contributed by atoms with E-state index in [-0.39, 0.29) is 0 Å². The Bertz CT molecular complexity index is 2570. The first-order chi connectivity index (χ1) is 22.8. The third-order valence-electron chi connectivity index (χ3n) is 9.96. The molecule has 1 aliphatic rings. The fraction of sp³-hybridized carbons (Fsp3) is 0.0455. The summed E-state index contributed by atoms with van der Waals surface area (Å²) in [6.07, 6.45) is 6.78. The van der Waals surface area contributed by atoms with Gasteiger partial charge >= 0.3 is 0 Å². The topological polar surface area (TPSA) is 9.86 Å². The fourth-order valence-corrected chi connectivity index (χ4v) is 7.90. The molecule has 0 unspecified atom stereocenters. The average Bonchev–Trinajstić information content (AvgIpc) is 3.65. The highest BCUT2D eigenvalue weighted by Crippen LogP contribution is 2.41. The van der Waals surface area contributed by atoms with Crippen LogP contribution in [0.15, 0.2) is 152 Å². The minimum Gasteiger partial charge on any atom is -0.313 e. The lowest BCUT2D eigenvalue weighted by Crippen LogP contribution is -2.02. The molecule has 0 amide bonds. The second kappa shape index (κ2) is 9.82. The molecule has 0 saturated heterocycles. The van der Waals surface area contributed by atoms with Gasteiger partial charge in [0.1, 0.15) is 0 Å². The van der Waals surface area contributed by atoms with E-state index in [1.54, 1.807) is 0 Å². The minimum atomic E-state index is 1.06. The molecule has 0 N–H and O–H groups in total. The van der Waals surface area contributed by atoms with Crippen LogP contribution in [0.4, 0.5) is 0 Å². The van der Waals surface area contributed by atoms with Crippen molar-refractivity contribution in [3.8, 4) is 22.5 Å². The first-order valence-corrected chi connectivity index (χ1v) is 16.2. The van der Waals surface area contributed by atoms with E-state index in [0.29, 0.717) is 0 Å². The van der Waals surface area contributed by atoms with Crippen LogP contribution in [0.2, 0.25) is 0 Å². The normalized spacial score (nSPS) is 13.0. The standard InChI is InChI=1S/C44H30N2/c1-2-12-33(13-3-1)45-39-17-9-8-16-37(39)38-28-32(22-25-40(38)45)29-18-23-34(24-19-29)46-41-26-20-30-10-4-6-14-35(30)43(41)44-36-15-7-5-11-31(36)21-27-42(44)46/h1-8,10-16,18-28H,9,17H2. The number of hydrogen-bond acceptors (Lipinski definition) is 0. The van der Waals surface area contributed by atoms with E-state index in [4.69, 9.17) is 0 Å². The molecule has 0 bridgehead atoms. The van der Waals surface area contributed by atoms with E-state index in [9.17, 15) is 0 Å². The van der Waals surface area contributed by atoms with E-state index in [1.807, 2.05) is 0 Å². The Morgan fingerprint density at radius 1 is 0.435 bits per heavy atom. The van der Waals surface area contributed by atoms with Gasteiger partial charge in [-0.15, -0.1) is 0 Å². The number of aromatic nitrogens is 2. The lowest BCUT2D eigenvalue weighted by Gasteiger charge is -2.13. The first-order valence-electron chi connectivity index (χ1n) is 16.2. The lowest BCUT2D eigenvalue weighted by atomic mass is 9.99. The summed E-state index contributed by atoms with van der Waals surface area (Å²) in [7, 11) is 0. The maximum Gasteiger partial charge on any atom is 0.0547 e. The number of nitrogens with zero attached hydrogens (tertiary/aromatic N) is 2. The Balaban J connectivity index is 1.15. The van der Waals surface area contributed by atoms with Crippen molar-refractivity contribution < 1.29 is 0 Å². The molecule has 9 aromatic rings. The number of fused-ring (bicyclic) bond motifs is 10. The van der Waals surface area contributed by atoms with Crippen LogP contribution in [0.1, 0.15) is 17.7 Å². The molecule has 0 spiro atoms. The van der Waals surface area contributed by atoms with Crippen molar-refractivity contribution in [1.29, 1.82) is 0 Å². The fourth-order valence-electron chi connectivity index (χ4n) is 7.90. The molecule has 2 aromatic heterocycles. The highest BCUT2D eigenvalue weighted by atomic mass is 15.0. The van der Waals surface area contributed by atoms with Crippen molar-refractivity contribution in [3.63, 3.8) is 0 Å². The summed E-state index contributed by atoms with van der Waals surface area (Å²) in [4.78, 5) is 0. The number of para-hydroxylation sites is 1. The van der Waals surface area contributed by atoms with Crippen LogP contribution >= 0.6 is 0 Å². The molecule has 2 heteroatoms. The molecule has 0 fully saturated rings. The van der Waals surface area contributed by atoms with E-state index in [2.05, 4.69) is 167 Å². The zero-order valence-electron chi connectivity index (χ0n) is 25.3. The summed E-state index contributed by atoms with van der Waals surface area (Å²) in [6, 6.07) is 53.5. The maximum absolute atomic E-state index is 2.46. The van der Waals surface area contributed by atoms with Gasteiger partial charge in [-0.1, -0.05) is 109 Å². The molecule has 10 rings (SSSR count). The van der Waals surface area contributed by atoms with Crippen LogP contribution in [0.3, 0.4) is 0 Å². The average molecular weight is 587 g/mol. The molecule has 46 heavy (non-hydrogen) atoms. The molecular formula is C44H30N2. The summed E-state index contributed by atoms with van der Waals surface area (Å²) >= 11 is 0. The van der Waals surface area contributed by atoms with Crippen molar-refractivity contribution in [2.45, 2.75) is 12.8 Å². The van der Waals surface area contributed by atoms with Gasteiger partial charge in [0, 0.05) is 38.8 Å². The monoisotopic (exact) mass is 586 g/mol. The molecule has 0 atom stereocenters. The van der Waals surface area contributed by atoms with E-state index in [0.717, 1.165) is 12.8 Å². The molecular weight excluding hydrogens is 556 g/mol. The van der Waals surface area contributed by atoms with Crippen molar-refractivity contribution >= 4 is 60.3 Å². The summed E-state index contributed by atoms with van der Waals surface area (Å²) < 4.78 is 4.90. The van der Waals surface area contributed by atoms with Gasteiger partial charge in [-0.3, -0.25) is 0 Å². The minimum absolute atomic E-state index is 1.06. The Labute approximate surface area is 267 Å². The van der Waals surface area contributed by atoms with E-state index >= 15 is 0 Å². The highest BCUT2D eigenvalue weighted by molar-refractivity contribution is 6.28. The van der Waals surface area contributed by atoms with E-state index in [1.165, 1.54) is 88.0 Å². The molecule has 7 aromatic carbocycles. The molecule has 0 saturated carbocycles. The zero-order chi connectivity index (χ0) is 30.2. The largest absolute Gasteiger partial charge is 0.313 e. The van der Waals surface area contributed by atoms with Crippen LogP contribution in [-0.2, 0) is 6.42 Å². The van der Waals surface area contributed by atoms with Gasteiger partial charge in [0.2, 0.25) is 0 Å². The summed E-state index contributed by atoms with van der Waals surface area (Å²) in [6.45, 7) is 0. The quantitative estimate of drug-likeness (QED) is 0.195. The van der Waals surface area contributed by atoms with Gasteiger partial charge in [-0.05, 0) is 94.0 Å². The Hall–Kier alpha value is -5.86. The third-order valence-corrected chi connectivity index (χ3v) is 9.96. The van der Waals surface area contributed by atoms with Gasteiger partial charge in [0.15, 0.2) is 0 Å². The van der Waals surface area contributed by atoms with Crippen LogP contribution in [0, 0.1) is 0 Å². The van der Waals surface area contributed by atoms with Gasteiger partial charge < -0.3 is 9.13 Å². The summed E-state index contributed by atoms with van der Waals surface area (Å²) in [5, 5.41) is 9.09. The number of rotatable bonds is 3. The van der Waals surface area contributed by atoms with Crippen LogP contribution < -0.4 is 0 Å². The number of hydrogen-bond donors (Lipinski definition) is 0. The molecule has 2 nitrogen and oxygen atoms in total. The lowest BCUT2D eigenvalue weighted by molar-refractivity contribution is 0.888. The van der Waals surface area contributed by atoms with Gasteiger partial charge in [0.25, 0.3) is 0 Å². The SMILES string of the molecule is C1=Cc2c(n(-c3ccccc3)c3ccc(-c4ccc(-n5c6ccc7ccccc7c6c6c7ccccc7ccc65)cc4)cc23)CC1. The van der Waals surface area contributed by atoms with Crippen molar-refractivity contribution in [3.05, 3.63) is 163 Å². The summed E-state index contributed by atoms with van der Waals surface area (Å²) in [5.41, 5.74) is 11.4. The molecule has 2 heterocycles. The van der Waals surface area contributed by atoms with Crippen LogP contribution in [0.25, 0.3) is 82.8 Å². The van der Waals surface area contributed by atoms with Crippen molar-refractivity contribution in [1.82, 2.24) is 9.13 Å². The predicted molar refractivity (Wildman–Crippen MR) is 195 cm³/mol. The zero-order valence-corrected chi connectivity index (χ0v) is 25.3. The molecule has 0 radical (unpaired) electrons. The predicted octanol–water partition coefficient (Wildman–Crippen LogP) is 11.7. The Kier molecular flexibility index (Phi) is 5.44. The molecule has 0 aliphatic heterocycles. The smallest absolute Gasteiger partial charge is 0.0547 e. The Morgan fingerprint density at radius 3 is 1.72 bits per heavy atom.